The van der Waals surface area contributed by atoms with E-state index in [0.29, 0.717) is 12.3 Å². The van der Waals surface area contributed by atoms with E-state index in [-0.39, 0.29) is 6.01 Å². The van der Waals surface area contributed by atoms with E-state index in [9.17, 15) is 0 Å². The van der Waals surface area contributed by atoms with Gasteiger partial charge in [0.25, 0.3) is 0 Å². The summed E-state index contributed by atoms with van der Waals surface area (Å²) in [6, 6.07) is 8.59. The monoisotopic (exact) mass is 300 g/mol. The minimum absolute atomic E-state index is 0.0973. The van der Waals surface area contributed by atoms with E-state index in [1.165, 1.54) is 5.56 Å². The Balaban J connectivity index is 1.94. The van der Waals surface area contributed by atoms with Gasteiger partial charge in [-0.25, -0.2) is 4.98 Å². The predicted octanol–water partition coefficient (Wildman–Crippen LogP) is 3.24. The highest BCUT2D eigenvalue weighted by Gasteiger charge is 2.14. The second-order valence-corrected chi connectivity index (χ2v) is 6.05. The van der Waals surface area contributed by atoms with Gasteiger partial charge in [-0.05, 0) is 18.9 Å². The molecule has 0 aliphatic carbocycles. The standard InChI is InChI=1S/C15H16N4OS/c1-3-10-4-6-11(7-5-10)14-12(21-9(2)17-14)8-13-18-19-15(16)20-13/h4-7H,3,8H2,1-2H3,(H2,16,19). The Morgan fingerprint density at radius 1 is 1.19 bits per heavy atom. The molecule has 21 heavy (non-hydrogen) atoms. The predicted molar refractivity (Wildman–Crippen MR) is 83.2 cm³/mol. The zero-order valence-corrected chi connectivity index (χ0v) is 12.8. The lowest BCUT2D eigenvalue weighted by molar-refractivity contribution is 0.524. The Hall–Kier alpha value is -2.21. The van der Waals surface area contributed by atoms with Crippen LogP contribution in [0.15, 0.2) is 28.7 Å². The normalized spacial score (nSPS) is 11.0. The van der Waals surface area contributed by atoms with E-state index >= 15 is 0 Å². The van der Waals surface area contributed by atoms with Crippen molar-refractivity contribution in [3.05, 3.63) is 45.6 Å². The smallest absolute Gasteiger partial charge is 0.312 e. The van der Waals surface area contributed by atoms with Gasteiger partial charge in [0.05, 0.1) is 17.1 Å². The molecule has 2 aromatic heterocycles. The lowest BCUT2D eigenvalue weighted by Gasteiger charge is -2.02. The highest BCUT2D eigenvalue weighted by atomic mass is 32.1. The van der Waals surface area contributed by atoms with Crippen LogP contribution in [-0.2, 0) is 12.8 Å². The van der Waals surface area contributed by atoms with Crippen molar-refractivity contribution in [2.24, 2.45) is 0 Å². The number of rotatable bonds is 4. The van der Waals surface area contributed by atoms with Crippen molar-refractivity contribution in [1.29, 1.82) is 0 Å². The minimum Gasteiger partial charge on any atom is -0.408 e. The maximum Gasteiger partial charge on any atom is 0.312 e. The fourth-order valence-corrected chi connectivity index (χ4v) is 3.14. The van der Waals surface area contributed by atoms with Crippen molar-refractivity contribution >= 4 is 17.4 Å². The molecule has 108 valence electrons. The number of aromatic nitrogens is 3. The quantitative estimate of drug-likeness (QED) is 0.800. The van der Waals surface area contributed by atoms with Crippen molar-refractivity contribution in [2.75, 3.05) is 5.73 Å². The Labute approximate surface area is 126 Å². The third-order valence-electron chi connectivity index (χ3n) is 3.23. The maximum atomic E-state index is 5.47. The fourth-order valence-electron chi connectivity index (χ4n) is 2.19. The zero-order chi connectivity index (χ0) is 14.8. The van der Waals surface area contributed by atoms with Crippen molar-refractivity contribution in [2.45, 2.75) is 26.7 Å². The summed E-state index contributed by atoms with van der Waals surface area (Å²) >= 11 is 1.64. The molecule has 2 N–H and O–H groups in total. The Kier molecular flexibility index (Phi) is 3.70. The van der Waals surface area contributed by atoms with E-state index in [1.54, 1.807) is 11.3 Å². The van der Waals surface area contributed by atoms with Gasteiger partial charge in [0.2, 0.25) is 5.89 Å². The first kappa shape index (κ1) is 13.8. The molecule has 6 heteroatoms. The van der Waals surface area contributed by atoms with Crippen LogP contribution in [0.4, 0.5) is 6.01 Å². The molecule has 5 nitrogen and oxygen atoms in total. The average molecular weight is 300 g/mol. The summed E-state index contributed by atoms with van der Waals surface area (Å²) < 4.78 is 5.26. The van der Waals surface area contributed by atoms with Crippen LogP contribution in [0.3, 0.4) is 0 Å². The molecule has 0 atom stereocenters. The molecule has 0 fully saturated rings. The molecule has 1 aromatic carbocycles. The van der Waals surface area contributed by atoms with Crippen LogP contribution >= 0.6 is 11.3 Å². The van der Waals surface area contributed by atoms with E-state index in [0.717, 1.165) is 27.6 Å². The summed E-state index contributed by atoms with van der Waals surface area (Å²) in [6.07, 6.45) is 1.59. The van der Waals surface area contributed by atoms with Gasteiger partial charge in [-0.15, -0.1) is 16.4 Å². The highest BCUT2D eigenvalue weighted by molar-refractivity contribution is 7.12. The largest absolute Gasteiger partial charge is 0.408 e. The molecule has 0 amide bonds. The molecule has 3 aromatic rings. The van der Waals surface area contributed by atoms with Gasteiger partial charge in [0.1, 0.15) is 0 Å². The first-order chi connectivity index (χ1) is 10.2. The van der Waals surface area contributed by atoms with E-state index in [2.05, 4.69) is 46.4 Å². The summed E-state index contributed by atoms with van der Waals surface area (Å²) in [5, 5.41) is 8.63. The number of nitrogens with two attached hydrogens (primary N) is 1. The van der Waals surface area contributed by atoms with Crippen LogP contribution in [0.1, 0.15) is 28.3 Å². The molecule has 0 aliphatic rings. The summed E-state index contributed by atoms with van der Waals surface area (Å²) in [5.41, 5.74) is 8.88. The van der Waals surface area contributed by atoms with Crippen LogP contribution in [-0.4, -0.2) is 15.2 Å². The summed E-state index contributed by atoms with van der Waals surface area (Å²) in [4.78, 5) is 5.75. The Morgan fingerprint density at radius 2 is 1.95 bits per heavy atom. The topological polar surface area (TPSA) is 77.8 Å². The number of thiazole rings is 1. The molecule has 0 spiro atoms. The van der Waals surface area contributed by atoms with Crippen molar-refractivity contribution < 1.29 is 4.42 Å². The molecular weight excluding hydrogens is 284 g/mol. The summed E-state index contributed by atoms with van der Waals surface area (Å²) in [5.74, 6) is 0.516. The van der Waals surface area contributed by atoms with E-state index in [1.807, 2.05) is 6.92 Å². The van der Waals surface area contributed by atoms with Crippen LogP contribution in [0.25, 0.3) is 11.3 Å². The van der Waals surface area contributed by atoms with Crippen molar-refractivity contribution in [3.63, 3.8) is 0 Å². The number of anilines is 1. The van der Waals surface area contributed by atoms with Gasteiger partial charge in [0, 0.05) is 10.4 Å². The molecule has 0 saturated heterocycles. The highest BCUT2D eigenvalue weighted by Crippen LogP contribution is 2.30. The van der Waals surface area contributed by atoms with E-state index in [4.69, 9.17) is 10.2 Å². The molecule has 0 unspecified atom stereocenters. The number of benzene rings is 1. The molecule has 0 radical (unpaired) electrons. The maximum absolute atomic E-state index is 5.47. The minimum atomic E-state index is 0.0973. The van der Waals surface area contributed by atoms with Gasteiger partial charge >= 0.3 is 6.01 Å². The second-order valence-electron chi connectivity index (χ2n) is 4.77. The lowest BCUT2D eigenvalue weighted by Crippen LogP contribution is -1.90. The van der Waals surface area contributed by atoms with Crippen molar-refractivity contribution in [3.8, 4) is 11.3 Å². The van der Waals surface area contributed by atoms with Gasteiger partial charge in [-0.1, -0.05) is 36.3 Å². The van der Waals surface area contributed by atoms with Crippen LogP contribution in [0.2, 0.25) is 0 Å². The van der Waals surface area contributed by atoms with Gasteiger partial charge in [0.15, 0.2) is 0 Å². The first-order valence-corrected chi connectivity index (χ1v) is 7.61. The molecular formula is C15H16N4OS. The molecule has 3 rings (SSSR count). The lowest BCUT2D eigenvalue weighted by atomic mass is 10.1. The van der Waals surface area contributed by atoms with Gasteiger partial charge in [-0.2, -0.15) is 0 Å². The van der Waals surface area contributed by atoms with Crippen molar-refractivity contribution in [1.82, 2.24) is 15.2 Å². The number of aryl methyl sites for hydroxylation is 2. The molecule has 0 bridgehead atoms. The van der Waals surface area contributed by atoms with E-state index < -0.39 is 0 Å². The third kappa shape index (κ3) is 2.95. The Morgan fingerprint density at radius 3 is 2.57 bits per heavy atom. The van der Waals surface area contributed by atoms with Crippen LogP contribution in [0.5, 0.6) is 0 Å². The number of hydrogen-bond donors (Lipinski definition) is 1. The number of nitrogens with zero attached hydrogens (tertiary/aromatic N) is 3. The third-order valence-corrected chi connectivity index (χ3v) is 4.20. The SMILES string of the molecule is CCc1ccc(-c2nc(C)sc2Cc2nnc(N)o2)cc1. The van der Waals surface area contributed by atoms with Crippen LogP contribution in [0, 0.1) is 6.92 Å². The summed E-state index contributed by atoms with van der Waals surface area (Å²) in [7, 11) is 0. The fraction of sp³-hybridized carbons (Fsp3) is 0.267. The molecule has 0 aliphatic heterocycles. The van der Waals surface area contributed by atoms with Crippen LogP contribution < -0.4 is 5.73 Å². The average Bonchev–Trinajstić information content (AvgIpc) is 3.05. The number of nitrogen functional groups attached to an aromatic ring is 1. The first-order valence-electron chi connectivity index (χ1n) is 6.79. The Bertz CT molecular complexity index is 745. The van der Waals surface area contributed by atoms with Gasteiger partial charge < -0.3 is 10.2 Å². The number of hydrogen-bond acceptors (Lipinski definition) is 6. The summed E-state index contributed by atoms with van der Waals surface area (Å²) in [6.45, 7) is 4.15. The molecule has 2 heterocycles. The second kappa shape index (κ2) is 5.65. The van der Waals surface area contributed by atoms with Gasteiger partial charge in [-0.3, -0.25) is 0 Å². The molecule has 0 saturated carbocycles. The zero-order valence-electron chi connectivity index (χ0n) is 12.0.